The zero-order chi connectivity index (χ0) is 17.3. The Morgan fingerprint density at radius 2 is 1.44 bits per heavy atom. The van der Waals surface area contributed by atoms with Gasteiger partial charge in [0.25, 0.3) is 0 Å². The maximum atomic E-state index is 12.1. The summed E-state index contributed by atoms with van der Waals surface area (Å²) in [5.74, 6) is -0.0247. The summed E-state index contributed by atoms with van der Waals surface area (Å²) in [4.78, 5) is 14.4. The molecule has 0 bridgehead atoms. The summed E-state index contributed by atoms with van der Waals surface area (Å²) in [6, 6.07) is 28.1. The number of nitrogens with one attached hydrogen (secondary N) is 2. The van der Waals surface area contributed by atoms with Crippen LogP contribution in [0.2, 0.25) is 0 Å². The molecule has 0 heterocycles. The molecule has 1 amide bonds. The van der Waals surface area contributed by atoms with E-state index in [2.05, 4.69) is 28.8 Å². The Bertz CT molecular complexity index is 806. The van der Waals surface area contributed by atoms with E-state index in [1.54, 1.807) is 11.8 Å². The Morgan fingerprint density at radius 1 is 0.800 bits per heavy atom. The molecule has 3 aromatic carbocycles. The molecule has 0 saturated heterocycles. The molecule has 0 aliphatic carbocycles. The molecule has 2 N–H and O–H groups in total. The largest absolute Gasteiger partial charge is 0.375 e. The molecule has 3 aromatic rings. The SMILES string of the molecule is O=C(CNc1ccccc1Sc1ccccc1)NCc1ccccc1. The summed E-state index contributed by atoms with van der Waals surface area (Å²) in [6.07, 6.45) is 0. The minimum Gasteiger partial charge on any atom is -0.375 e. The van der Waals surface area contributed by atoms with Crippen LogP contribution in [0.1, 0.15) is 5.56 Å². The summed E-state index contributed by atoms with van der Waals surface area (Å²) in [5, 5.41) is 6.17. The maximum Gasteiger partial charge on any atom is 0.239 e. The molecule has 0 aliphatic rings. The Morgan fingerprint density at radius 3 is 2.20 bits per heavy atom. The zero-order valence-electron chi connectivity index (χ0n) is 13.8. The van der Waals surface area contributed by atoms with Gasteiger partial charge in [-0.15, -0.1) is 0 Å². The van der Waals surface area contributed by atoms with E-state index in [1.807, 2.05) is 66.7 Å². The Kier molecular flexibility index (Phi) is 6.12. The summed E-state index contributed by atoms with van der Waals surface area (Å²) in [6.45, 7) is 0.793. The number of rotatable bonds is 7. The predicted octanol–water partition coefficient (Wildman–Crippen LogP) is 4.57. The first-order valence-corrected chi connectivity index (χ1v) is 8.99. The van der Waals surface area contributed by atoms with Gasteiger partial charge in [-0.05, 0) is 29.8 Å². The first-order valence-electron chi connectivity index (χ1n) is 8.18. The highest BCUT2D eigenvalue weighted by molar-refractivity contribution is 7.99. The van der Waals surface area contributed by atoms with Crippen molar-refractivity contribution in [2.45, 2.75) is 16.3 Å². The second kappa shape index (κ2) is 8.94. The third kappa shape index (κ3) is 5.40. The third-order valence-corrected chi connectivity index (χ3v) is 4.71. The van der Waals surface area contributed by atoms with Crippen molar-refractivity contribution < 1.29 is 4.79 Å². The van der Waals surface area contributed by atoms with E-state index in [-0.39, 0.29) is 12.5 Å². The molecule has 126 valence electrons. The summed E-state index contributed by atoms with van der Waals surface area (Å²) in [7, 11) is 0. The van der Waals surface area contributed by atoms with Crippen LogP contribution in [0, 0.1) is 0 Å². The lowest BCUT2D eigenvalue weighted by Crippen LogP contribution is -2.29. The van der Waals surface area contributed by atoms with Gasteiger partial charge in [0, 0.05) is 22.0 Å². The molecule has 0 unspecified atom stereocenters. The summed E-state index contributed by atoms with van der Waals surface area (Å²) < 4.78 is 0. The molecule has 0 aliphatic heterocycles. The fraction of sp³-hybridized carbons (Fsp3) is 0.0952. The Hall–Kier alpha value is -2.72. The molecule has 4 heteroatoms. The van der Waals surface area contributed by atoms with Gasteiger partial charge < -0.3 is 10.6 Å². The normalized spacial score (nSPS) is 10.2. The van der Waals surface area contributed by atoms with Gasteiger partial charge in [-0.1, -0.05) is 72.4 Å². The van der Waals surface area contributed by atoms with E-state index in [9.17, 15) is 4.79 Å². The van der Waals surface area contributed by atoms with Crippen LogP contribution in [0.15, 0.2) is 94.7 Å². The van der Waals surface area contributed by atoms with Crippen LogP contribution >= 0.6 is 11.8 Å². The average Bonchev–Trinajstić information content (AvgIpc) is 2.67. The van der Waals surface area contributed by atoms with E-state index in [0.717, 1.165) is 16.1 Å². The lowest BCUT2D eigenvalue weighted by molar-refractivity contribution is -0.119. The lowest BCUT2D eigenvalue weighted by Gasteiger charge is -2.12. The molecule has 0 atom stereocenters. The lowest BCUT2D eigenvalue weighted by atomic mass is 10.2. The number of carbonyl (C=O) groups excluding carboxylic acids is 1. The Labute approximate surface area is 152 Å². The number of carbonyl (C=O) groups is 1. The number of para-hydroxylation sites is 1. The van der Waals surface area contributed by atoms with Gasteiger partial charge in [-0.2, -0.15) is 0 Å². The highest BCUT2D eigenvalue weighted by atomic mass is 32.2. The van der Waals surface area contributed by atoms with Crippen molar-refractivity contribution in [1.82, 2.24) is 5.32 Å². The van der Waals surface area contributed by atoms with Crippen molar-refractivity contribution in [2.24, 2.45) is 0 Å². The van der Waals surface area contributed by atoms with E-state index in [1.165, 1.54) is 4.90 Å². The van der Waals surface area contributed by atoms with E-state index in [0.29, 0.717) is 6.54 Å². The van der Waals surface area contributed by atoms with Crippen LogP contribution in [0.4, 0.5) is 5.69 Å². The molecular formula is C21H20N2OS. The number of benzene rings is 3. The molecule has 0 aromatic heterocycles. The van der Waals surface area contributed by atoms with Crippen LogP contribution in [0.25, 0.3) is 0 Å². The van der Waals surface area contributed by atoms with Crippen molar-refractivity contribution in [3.05, 3.63) is 90.5 Å². The van der Waals surface area contributed by atoms with Gasteiger partial charge in [0.1, 0.15) is 0 Å². The molecule has 25 heavy (non-hydrogen) atoms. The van der Waals surface area contributed by atoms with Gasteiger partial charge in [0.05, 0.1) is 6.54 Å². The molecule has 0 fully saturated rings. The second-order valence-corrected chi connectivity index (χ2v) is 6.64. The van der Waals surface area contributed by atoms with E-state index < -0.39 is 0 Å². The number of hydrogen-bond acceptors (Lipinski definition) is 3. The number of amides is 1. The van der Waals surface area contributed by atoms with Crippen molar-refractivity contribution in [3.63, 3.8) is 0 Å². The van der Waals surface area contributed by atoms with Gasteiger partial charge in [-0.3, -0.25) is 4.79 Å². The first-order chi connectivity index (χ1) is 12.3. The minimum absolute atomic E-state index is 0.0247. The molecule has 0 saturated carbocycles. The quantitative estimate of drug-likeness (QED) is 0.657. The number of hydrogen-bond donors (Lipinski definition) is 2. The molecule has 0 radical (unpaired) electrons. The molecule has 3 rings (SSSR count). The van der Waals surface area contributed by atoms with E-state index in [4.69, 9.17) is 0 Å². The smallest absolute Gasteiger partial charge is 0.239 e. The predicted molar refractivity (Wildman–Crippen MR) is 104 cm³/mol. The van der Waals surface area contributed by atoms with Crippen molar-refractivity contribution in [1.29, 1.82) is 0 Å². The second-order valence-electron chi connectivity index (χ2n) is 5.53. The molecule has 3 nitrogen and oxygen atoms in total. The minimum atomic E-state index is -0.0247. The average molecular weight is 348 g/mol. The van der Waals surface area contributed by atoms with Crippen molar-refractivity contribution >= 4 is 23.4 Å². The standard InChI is InChI=1S/C21H20N2OS/c24-21(23-15-17-9-3-1-4-10-17)16-22-19-13-7-8-14-20(19)25-18-11-5-2-6-12-18/h1-14,22H,15-16H2,(H,23,24). The molecular weight excluding hydrogens is 328 g/mol. The van der Waals surface area contributed by atoms with Gasteiger partial charge in [0.15, 0.2) is 0 Å². The van der Waals surface area contributed by atoms with Crippen molar-refractivity contribution in [3.8, 4) is 0 Å². The topological polar surface area (TPSA) is 41.1 Å². The van der Waals surface area contributed by atoms with Crippen molar-refractivity contribution in [2.75, 3.05) is 11.9 Å². The first kappa shape index (κ1) is 17.1. The highest BCUT2D eigenvalue weighted by Crippen LogP contribution is 2.32. The van der Waals surface area contributed by atoms with Gasteiger partial charge in [-0.25, -0.2) is 0 Å². The molecule has 0 spiro atoms. The van der Waals surface area contributed by atoms with Crippen LogP contribution in [0.3, 0.4) is 0 Å². The summed E-state index contributed by atoms with van der Waals surface area (Å²) in [5.41, 5.74) is 2.06. The third-order valence-electron chi connectivity index (χ3n) is 3.63. The van der Waals surface area contributed by atoms with Crippen LogP contribution in [-0.4, -0.2) is 12.5 Å². The van der Waals surface area contributed by atoms with E-state index >= 15 is 0 Å². The van der Waals surface area contributed by atoms with Gasteiger partial charge >= 0.3 is 0 Å². The maximum absolute atomic E-state index is 12.1. The summed E-state index contributed by atoms with van der Waals surface area (Å²) >= 11 is 1.68. The van der Waals surface area contributed by atoms with Gasteiger partial charge in [0.2, 0.25) is 5.91 Å². The fourth-order valence-electron chi connectivity index (χ4n) is 2.35. The van der Waals surface area contributed by atoms with Crippen LogP contribution in [0.5, 0.6) is 0 Å². The zero-order valence-corrected chi connectivity index (χ0v) is 14.6. The fourth-order valence-corrected chi connectivity index (χ4v) is 3.30. The highest BCUT2D eigenvalue weighted by Gasteiger charge is 2.06. The monoisotopic (exact) mass is 348 g/mol. The van der Waals surface area contributed by atoms with Crippen LogP contribution < -0.4 is 10.6 Å². The van der Waals surface area contributed by atoms with Crippen LogP contribution in [-0.2, 0) is 11.3 Å². The number of anilines is 1. The Balaban J connectivity index is 1.55.